The molecule has 0 saturated heterocycles. The van der Waals surface area contributed by atoms with Crippen LogP contribution in [0.3, 0.4) is 0 Å². The van der Waals surface area contributed by atoms with Gasteiger partial charge in [0.2, 0.25) is 0 Å². The van der Waals surface area contributed by atoms with Crippen LogP contribution in [0.1, 0.15) is 18.0 Å². The molecule has 2 heterocycles. The van der Waals surface area contributed by atoms with E-state index in [0.29, 0.717) is 32.7 Å². The van der Waals surface area contributed by atoms with Gasteiger partial charge in [-0.15, -0.1) is 10.2 Å². The third kappa shape index (κ3) is 3.36. The fourth-order valence-electron chi connectivity index (χ4n) is 2.81. The first-order valence-corrected chi connectivity index (χ1v) is 9.60. The first-order chi connectivity index (χ1) is 13.0. The number of nitrogens with one attached hydrogen (secondary N) is 1. The molecular weight excluding hydrogens is 382 g/mol. The van der Waals surface area contributed by atoms with Crippen LogP contribution in [-0.4, -0.2) is 24.7 Å². The minimum atomic E-state index is -0.141. The molecule has 6 nitrogen and oxygen atoms in total. The lowest BCUT2D eigenvalue weighted by Crippen LogP contribution is -2.13. The van der Waals surface area contributed by atoms with Crippen LogP contribution in [0.25, 0.3) is 22.3 Å². The second kappa shape index (κ2) is 7.17. The van der Waals surface area contributed by atoms with Crippen LogP contribution in [0.15, 0.2) is 58.5 Å². The first-order valence-electron chi connectivity index (χ1n) is 8.34. The Morgan fingerprint density at radius 2 is 1.85 bits per heavy atom. The summed E-state index contributed by atoms with van der Waals surface area (Å²) in [5.74, 6) is 1.29. The lowest BCUT2D eigenvalue weighted by molar-refractivity contribution is 0.786. The van der Waals surface area contributed by atoms with Crippen molar-refractivity contribution in [3.8, 4) is 11.4 Å². The molecule has 0 aliphatic carbocycles. The molecule has 4 rings (SSSR count). The van der Waals surface area contributed by atoms with Gasteiger partial charge in [0.1, 0.15) is 5.82 Å². The van der Waals surface area contributed by atoms with Gasteiger partial charge in [0, 0.05) is 12.6 Å². The van der Waals surface area contributed by atoms with Gasteiger partial charge in [0.05, 0.1) is 21.2 Å². The molecular formula is C19H16ClN5OS. The van der Waals surface area contributed by atoms with Gasteiger partial charge in [-0.3, -0.25) is 4.79 Å². The van der Waals surface area contributed by atoms with E-state index in [1.807, 2.05) is 61.0 Å². The molecule has 0 aliphatic heterocycles. The molecule has 0 saturated carbocycles. The zero-order valence-corrected chi connectivity index (χ0v) is 16.3. The van der Waals surface area contributed by atoms with Gasteiger partial charge >= 0.3 is 0 Å². The quantitative estimate of drug-likeness (QED) is 0.521. The third-order valence-corrected chi connectivity index (χ3v) is 5.72. The summed E-state index contributed by atoms with van der Waals surface area (Å²) in [5, 5.41) is 10.4. The number of nitrogens with zero attached hydrogens (tertiary/aromatic N) is 4. The van der Waals surface area contributed by atoms with Crippen LogP contribution in [-0.2, 0) is 7.05 Å². The lowest BCUT2D eigenvalue weighted by Gasteiger charge is -2.11. The first kappa shape index (κ1) is 17.8. The molecule has 0 fully saturated rings. The number of para-hydroxylation sites is 1. The number of halogens is 1. The molecule has 0 aliphatic rings. The fourth-order valence-corrected chi connectivity index (χ4v) is 3.90. The number of hydrogen-bond donors (Lipinski definition) is 1. The summed E-state index contributed by atoms with van der Waals surface area (Å²) in [5.41, 5.74) is 1.36. The van der Waals surface area contributed by atoms with Crippen LogP contribution in [0.2, 0.25) is 5.02 Å². The average Bonchev–Trinajstić information content (AvgIpc) is 3.02. The van der Waals surface area contributed by atoms with Crippen molar-refractivity contribution < 1.29 is 0 Å². The maximum absolute atomic E-state index is 12.3. The molecule has 2 aromatic heterocycles. The molecule has 1 unspecified atom stereocenters. The van der Waals surface area contributed by atoms with Gasteiger partial charge in [0.25, 0.3) is 5.56 Å². The minimum Gasteiger partial charge on any atom is -0.309 e. The Morgan fingerprint density at radius 3 is 2.67 bits per heavy atom. The van der Waals surface area contributed by atoms with E-state index in [1.54, 1.807) is 6.07 Å². The zero-order valence-electron chi connectivity index (χ0n) is 14.7. The molecule has 1 atom stereocenters. The standard InChI is InChI=1S/C19H16ClN5OS/c1-11(16-21-15-10-6-4-8-13(15)18(26)22-16)27-19-24-23-17(25(19)2)12-7-3-5-9-14(12)20/h3-11H,1-2H3,(H,21,22,26). The highest BCUT2D eigenvalue weighted by atomic mass is 35.5. The molecule has 1 N–H and O–H groups in total. The van der Waals surface area contributed by atoms with E-state index in [4.69, 9.17) is 11.6 Å². The van der Waals surface area contributed by atoms with E-state index < -0.39 is 0 Å². The average molecular weight is 398 g/mol. The number of thioether (sulfide) groups is 1. The highest BCUT2D eigenvalue weighted by Crippen LogP contribution is 2.34. The molecule has 0 bridgehead atoms. The van der Waals surface area contributed by atoms with E-state index in [1.165, 1.54) is 11.8 Å². The number of rotatable bonds is 4. The Labute approximate surface area is 164 Å². The smallest absolute Gasteiger partial charge is 0.258 e. The van der Waals surface area contributed by atoms with Gasteiger partial charge in [-0.2, -0.15) is 0 Å². The summed E-state index contributed by atoms with van der Waals surface area (Å²) in [6.07, 6.45) is 0. The summed E-state index contributed by atoms with van der Waals surface area (Å²) >= 11 is 7.75. The zero-order chi connectivity index (χ0) is 19.0. The highest BCUT2D eigenvalue weighted by molar-refractivity contribution is 7.99. The van der Waals surface area contributed by atoms with Crippen LogP contribution in [0, 0.1) is 0 Å². The molecule has 27 heavy (non-hydrogen) atoms. The summed E-state index contributed by atoms with van der Waals surface area (Å²) in [6, 6.07) is 14.8. The van der Waals surface area contributed by atoms with Crippen molar-refractivity contribution in [2.45, 2.75) is 17.3 Å². The van der Waals surface area contributed by atoms with Crippen molar-refractivity contribution >= 4 is 34.3 Å². The number of aromatic nitrogens is 5. The Bertz CT molecular complexity index is 1190. The van der Waals surface area contributed by atoms with Gasteiger partial charge < -0.3 is 9.55 Å². The maximum Gasteiger partial charge on any atom is 0.258 e. The van der Waals surface area contributed by atoms with Crippen molar-refractivity contribution in [3.63, 3.8) is 0 Å². The van der Waals surface area contributed by atoms with Gasteiger partial charge in [0.15, 0.2) is 11.0 Å². The van der Waals surface area contributed by atoms with Crippen molar-refractivity contribution in [2.24, 2.45) is 7.05 Å². The number of aromatic amines is 1. The lowest BCUT2D eigenvalue weighted by atomic mass is 10.2. The second-order valence-electron chi connectivity index (χ2n) is 6.07. The topological polar surface area (TPSA) is 76.5 Å². The predicted molar refractivity (Wildman–Crippen MR) is 108 cm³/mol. The number of H-pyrrole nitrogens is 1. The third-order valence-electron chi connectivity index (χ3n) is 4.25. The molecule has 0 radical (unpaired) electrons. The van der Waals surface area contributed by atoms with Crippen LogP contribution in [0.4, 0.5) is 0 Å². The molecule has 0 amide bonds. The van der Waals surface area contributed by atoms with E-state index in [9.17, 15) is 4.79 Å². The summed E-state index contributed by atoms with van der Waals surface area (Å²) in [7, 11) is 1.89. The van der Waals surface area contributed by atoms with E-state index >= 15 is 0 Å². The minimum absolute atomic E-state index is 0.107. The summed E-state index contributed by atoms with van der Waals surface area (Å²) in [6.45, 7) is 1.97. The SMILES string of the molecule is CC(Sc1nnc(-c2ccccc2Cl)n1C)c1nc2ccccc2c(=O)[nH]1. The molecule has 2 aromatic carbocycles. The summed E-state index contributed by atoms with van der Waals surface area (Å²) in [4.78, 5) is 19.8. The second-order valence-corrected chi connectivity index (χ2v) is 7.79. The predicted octanol–water partition coefficient (Wildman–Crippen LogP) is 4.23. The van der Waals surface area contributed by atoms with Crippen LogP contribution >= 0.6 is 23.4 Å². The van der Waals surface area contributed by atoms with Crippen LogP contribution < -0.4 is 5.56 Å². The van der Waals surface area contributed by atoms with Crippen molar-refractivity contribution in [1.82, 2.24) is 24.7 Å². The normalized spacial score (nSPS) is 12.4. The molecule has 136 valence electrons. The Balaban J connectivity index is 1.65. The number of fused-ring (bicyclic) bond motifs is 1. The van der Waals surface area contributed by atoms with E-state index in [0.717, 1.165) is 5.56 Å². The Kier molecular flexibility index (Phi) is 4.72. The highest BCUT2D eigenvalue weighted by Gasteiger charge is 2.18. The van der Waals surface area contributed by atoms with Crippen LogP contribution in [0.5, 0.6) is 0 Å². The van der Waals surface area contributed by atoms with Crippen molar-refractivity contribution in [2.75, 3.05) is 0 Å². The molecule has 0 spiro atoms. The van der Waals surface area contributed by atoms with Gasteiger partial charge in [-0.05, 0) is 31.2 Å². The Morgan fingerprint density at radius 1 is 1.11 bits per heavy atom. The Hall–Kier alpha value is -2.64. The maximum atomic E-state index is 12.3. The summed E-state index contributed by atoms with van der Waals surface area (Å²) < 4.78 is 1.89. The molecule has 4 aromatic rings. The number of hydrogen-bond acceptors (Lipinski definition) is 5. The van der Waals surface area contributed by atoms with Gasteiger partial charge in [-0.1, -0.05) is 47.6 Å². The molecule has 8 heteroatoms. The van der Waals surface area contributed by atoms with E-state index in [2.05, 4.69) is 20.2 Å². The monoisotopic (exact) mass is 397 g/mol. The van der Waals surface area contributed by atoms with Crippen molar-refractivity contribution in [3.05, 3.63) is 69.7 Å². The fraction of sp³-hybridized carbons (Fsp3) is 0.158. The van der Waals surface area contributed by atoms with Gasteiger partial charge in [-0.25, -0.2) is 4.98 Å². The largest absolute Gasteiger partial charge is 0.309 e. The van der Waals surface area contributed by atoms with Crippen molar-refractivity contribution in [1.29, 1.82) is 0 Å². The van der Waals surface area contributed by atoms with E-state index in [-0.39, 0.29) is 10.8 Å². The number of benzene rings is 2.